The maximum atomic E-state index is 12.6. The van der Waals surface area contributed by atoms with Gasteiger partial charge in [0.15, 0.2) is 0 Å². The Bertz CT molecular complexity index is 321. The van der Waals surface area contributed by atoms with Crippen LogP contribution in [-0.2, 0) is 4.79 Å². The van der Waals surface area contributed by atoms with Crippen LogP contribution in [0.4, 0.5) is 0 Å². The van der Waals surface area contributed by atoms with Gasteiger partial charge in [0.1, 0.15) is 0 Å². The zero-order chi connectivity index (χ0) is 12.0. The largest absolute Gasteiger partial charge is 0.322 e. The number of rotatable bonds is 2. The van der Waals surface area contributed by atoms with Crippen LogP contribution < -0.4 is 5.32 Å². The van der Waals surface area contributed by atoms with Gasteiger partial charge in [-0.25, -0.2) is 0 Å². The van der Waals surface area contributed by atoms with Crippen LogP contribution in [0, 0.1) is 5.92 Å². The standard InChI is InChI=1S/C13H22N2OS/c1-9(2)11-14-13(5-6-13)12(16)15(11)10-3-7-17-8-4-10/h9-11,14H,3-8H2,1-2H3. The van der Waals surface area contributed by atoms with Gasteiger partial charge < -0.3 is 4.90 Å². The van der Waals surface area contributed by atoms with E-state index in [1.807, 2.05) is 11.8 Å². The van der Waals surface area contributed by atoms with E-state index in [4.69, 9.17) is 0 Å². The molecule has 0 aromatic rings. The van der Waals surface area contributed by atoms with Crippen molar-refractivity contribution in [2.75, 3.05) is 11.5 Å². The monoisotopic (exact) mass is 254 g/mol. The third-order valence-corrected chi connectivity index (χ3v) is 5.38. The van der Waals surface area contributed by atoms with Crippen LogP contribution in [0.5, 0.6) is 0 Å². The minimum Gasteiger partial charge on any atom is -0.322 e. The van der Waals surface area contributed by atoms with Crippen molar-refractivity contribution in [3.63, 3.8) is 0 Å². The molecule has 17 heavy (non-hydrogen) atoms. The summed E-state index contributed by atoms with van der Waals surface area (Å²) >= 11 is 2.03. The molecule has 3 fully saturated rings. The lowest BCUT2D eigenvalue weighted by Crippen LogP contribution is -2.48. The smallest absolute Gasteiger partial charge is 0.244 e. The summed E-state index contributed by atoms with van der Waals surface area (Å²) in [5.41, 5.74) is -0.139. The third kappa shape index (κ3) is 1.89. The first kappa shape index (κ1) is 11.8. The van der Waals surface area contributed by atoms with E-state index < -0.39 is 0 Å². The first-order chi connectivity index (χ1) is 8.14. The predicted octanol–water partition coefficient (Wildman–Crippen LogP) is 1.83. The van der Waals surface area contributed by atoms with Crippen LogP contribution in [0.3, 0.4) is 0 Å². The molecule has 1 atom stereocenters. The number of hydrogen-bond acceptors (Lipinski definition) is 3. The lowest BCUT2D eigenvalue weighted by molar-refractivity contribution is -0.133. The van der Waals surface area contributed by atoms with Gasteiger partial charge in [0.05, 0.1) is 11.7 Å². The zero-order valence-corrected chi connectivity index (χ0v) is 11.6. The quantitative estimate of drug-likeness (QED) is 0.816. The molecule has 1 aliphatic carbocycles. The van der Waals surface area contributed by atoms with Crippen LogP contribution in [0.2, 0.25) is 0 Å². The second-order valence-electron chi connectivity index (χ2n) is 5.97. The van der Waals surface area contributed by atoms with Gasteiger partial charge in [0.2, 0.25) is 5.91 Å². The van der Waals surface area contributed by atoms with Gasteiger partial charge in [-0.3, -0.25) is 10.1 Å². The number of nitrogens with one attached hydrogen (secondary N) is 1. The molecular weight excluding hydrogens is 232 g/mol. The van der Waals surface area contributed by atoms with Gasteiger partial charge in [-0.05, 0) is 43.1 Å². The molecule has 1 amide bonds. The summed E-state index contributed by atoms with van der Waals surface area (Å²) in [6.45, 7) is 4.44. The molecule has 96 valence electrons. The van der Waals surface area contributed by atoms with Crippen molar-refractivity contribution < 1.29 is 4.79 Å². The summed E-state index contributed by atoms with van der Waals surface area (Å²) in [6, 6.07) is 0.489. The zero-order valence-electron chi connectivity index (χ0n) is 10.7. The fourth-order valence-electron chi connectivity index (χ4n) is 3.12. The highest BCUT2D eigenvalue weighted by molar-refractivity contribution is 7.99. The number of carbonyl (C=O) groups excluding carboxylic acids is 1. The number of amides is 1. The average Bonchev–Trinajstić information content (AvgIpc) is 3.03. The van der Waals surface area contributed by atoms with Crippen molar-refractivity contribution in [1.29, 1.82) is 0 Å². The molecule has 3 rings (SSSR count). The second-order valence-corrected chi connectivity index (χ2v) is 7.20. The molecule has 4 heteroatoms. The number of nitrogens with zero attached hydrogens (tertiary/aromatic N) is 1. The molecule has 1 N–H and O–H groups in total. The van der Waals surface area contributed by atoms with Crippen molar-refractivity contribution in [2.24, 2.45) is 5.92 Å². The fourth-order valence-corrected chi connectivity index (χ4v) is 4.20. The minimum absolute atomic E-state index is 0.139. The highest BCUT2D eigenvalue weighted by atomic mass is 32.2. The lowest BCUT2D eigenvalue weighted by Gasteiger charge is -2.36. The molecule has 1 saturated carbocycles. The number of thioether (sulfide) groups is 1. The first-order valence-electron chi connectivity index (χ1n) is 6.82. The van der Waals surface area contributed by atoms with Gasteiger partial charge in [0.25, 0.3) is 0 Å². The van der Waals surface area contributed by atoms with E-state index in [0.717, 1.165) is 12.8 Å². The molecule has 2 aliphatic heterocycles. The fraction of sp³-hybridized carbons (Fsp3) is 0.923. The molecule has 3 aliphatic rings. The Morgan fingerprint density at radius 2 is 2.00 bits per heavy atom. The van der Waals surface area contributed by atoms with Gasteiger partial charge >= 0.3 is 0 Å². The Labute approximate surface area is 108 Å². The van der Waals surface area contributed by atoms with Crippen LogP contribution in [0.1, 0.15) is 39.5 Å². The molecule has 2 saturated heterocycles. The third-order valence-electron chi connectivity index (χ3n) is 4.33. The molecule has 0 aromatic heterocycles. The van der Waals surface area contributed by atoms with E-state index in [9.17, 15) is 4.79 Å². The molecule has 3 nitrogen and oxygen atoms in total. The van der Waals surface area contributed by atoms with E-state index in [1.54, 1.807) is 0 Å². The normalized spacial score (nSPS) is 32.8. The summed E-state index contributed by atoms with van der Waals surface area (Å²) in [5, 5.41) is 3.61. The van der Waals surface area contributed by atoms with E-state index in [0.29, 0.717) is 17.9 Å². The van der Waals surface area contributed by atoms with Crippen LogP contribution in [0.25, 0.3) is 0 Å². The van der Waals surface area contributed by atoms with Gasteiger partial charge in [-0.1, -0.05) is 13.8 Å². The summed E-state index contributed by atoms with van der Waals surface area (Å²) in [4.78, 5) is 14.8. The van der Waals surface area contributed by atoms with E-state index >= 15 is 0 Å². The van der Waals surface area contributed by atoms with Crippen molar-refractivity contribution in [3.8, 4) is 0 Å². The molecule has 2 heterocycles. The van der Waals surface area contributed by atoms with Crippen LogP contribution >= 0.6 is 11.8 Å². The Hall–Kier alpha value is -0.220. The van der Waals surface area contributed by atoms with Gasteiger partial charge in [-0.15, -0.1) is 0 Å². The molecule has 0 bridgehead atoms. The predicted molar refractivity (Wildman–Crippen MR) is 70.9 cm³/mol. The highest BCUT2D eigenvalue weighted by Crippen LogP contribution is 2.45. The van der Waals surface area contributed by atoms with Crippen molar-refractivity contribution in [2.45, 2.75) is 57.3 Å². The minimum atomic E-state index is -0.139. The van der Waals surface area contributed by atoms with Crippen molar-refractivity contribution >= 4 is 17.7 Å². The van der Waals surface area contributed by atoms with E-state index in [2.05, 4.69) is 24.1 Å². The van der Waals surface area contributed by atoms with Crippen molar-refractivity contribution in [1.82, 2.24) is 10.2 Å². The van der Waals surface area contributed by atoms with Crippen LogP contribution in [0.15, 0.2) is 0 Å². The molecular formula is C13H22N2OS. The molecule has 1 spiro atoms. The van der Waals surface area contributed by atoms with Crippen molar-refractivity contribution in [3.05, 3.63) is 0 Å². The summed E-state index contributed by atoms with van der Waals surface area (Å²) in [7, 11) is 0. The number of hydrogen-bond donors (Lipinski definition) is 1. The maximum Gasteiger partial charge on any atom is 0.244 e. The number of carbonyl (C=O) groups is 1. The Morgan fingerprint density at radius 3 is 2.53 bits per heavy atom. The van der Waals surface area contributed by atoms with E-state index in [-0.39, 0.29) is 11.7 Å². The molecule has 0 radical (unpaired) electrons. The van der Waals surface area contributed by atoms with E-state index in [1.165, 1.54) is 24.3 Å². The Kier molecular flexibility index (Phi) is 2.90. The average molecular weight is 254 g/mol. The molecule has 1 unspecified atom stereocenters. The summed E-state index contributed by atoms with van der Waals surface area (Å²) in [6.07, 6.45) is 4.73. The SMILES string of the molecule is CC(C)C1NC2(CC2)C(=O)N1C1CCSCC1. The molecule has 0 aromatic carbocycles. The Balaban J connectivity index is 1.81. The Morgan fingerprint density at radius 1 is 1.35 bits per heavy atom. The van der Waals surface area contributed by atoms with Gasteiger partial charge in [-0.2, -0.15) is 11.8 Å². The van der Waals surface area contributed by atoms with Crippen LogP contribution in [-0.4, -0.2) is 40.1 Å². The highest BCUT2D eigenvalue weighted by Gasteiger charge is 2.60. The van der Waals surface area contributed by atoms with Gasteiger partial charge in [0, 0.05) is 6.04 Å². The maximum absolute atomic E-state index is 12.6. The summed E-state index contributed by atoms with van der Waals surface area (Å²) < 4.78 is 0. The topological polar surface area (TPSA) is 32.3 Å². The summed E-state index contributed by atoms with van der Waals surface area (Å²) in [5.74, 6) is 3.33. The first-order valence-corrected chi connectivity index (χ1v) is 7.98. The second kappa shape index (κ2) is 4.16. The lowest BCUT2D eigenvalue weighted by atomic mass is 10.1.